The van der Waals surface area contributed by atoms with Crippen LogP contribution in [0.2, 0.25) is 0 Å². The van der Waals surface area contributed by atoms with Crippen molar-refractivity contribution in [1.82, 2.24) is 0 Å². The highest BCUT2D eigenvalue weighted by Crippen LogP contribution is 2.53. The first-order valence-electron chi connectivity index (χ1n) is 5.13. The zero-order valence-corrected chi connectivity index (χ0v) is 11.1. The van der Waals surface area contributed by atoms with Crippen molar-refractivity contribution in [3.8, 4) is 0 Å². The lowest BCUT2D eigenvalue weighted by Gasteiger charge is -2.38. The average molecular weight is 334 g/mol. The maximum absolute atomic E-state index is 11.8. The van der Waals surface area contributed by atoms with Gasteiger partial charge in [-0.3, -0.25) is 4.79 Å². The molecule has 4 aliphatic rings. The van der Waals surface area contributed by atoms with E-state index in [9.17, 15) is 4.79 Å². The van der Waals surface area contributed by atoms with Gasteiger partial charge in [-0.1, -0.05) is 12.2 Å². The minimum atomic E-state index is -0.0505. The van der Waals surface area contributed by atoms with E-state index in [0.717, 1.165) is 15.6 Å². The number of carbonyl (C=O) groups excluding carboxylic acids is 1. The van der Waals surface area contributed by atoms with Crippen molar-refractivity contribution in [3.63, 3.8) is 0 Å². The quantitative estimate of drug-likeness (QED) is 0.502. The highest BCUT2D eigenvalue weighted by atomic mass is 79.9. The van der Waals surface area contributed by atoms with Gasteiger partial charge in [0.1, 0.15) is 5.76 Å². The van der Waals surface area contributed by atoms with Gasteiger partial charge in [0.05, 0.1) is 9.31 Å². The van der Waals surface area contributed by atoms with E-state index >= 15 is 0 Å². The molecule has 80 valence electrons. The van der Waals surface area contributed by atoms with Crippen LogP contribution in [0.4, 0.5) is 0 Å². The van der Waals surface area contributed by atoms with Gasteiger partial charge in [-0.15, -0.1) is 0 Å². The number of ether oxygens (including phenoxy) is 1. The number of rotatable bonds is 0. The van der Waals surface area contributed by atoms with Crippen molar-refractivity contribution in [2.24, 2.45) is 23.7 Å². The predicted octanol–water partition coefficient (Wildman–Crippen LogP) is 3.33. The third-order valence-corrected chi connectivity index (χ3v) is 4.50. The van der Waals surface area contributed by atoms with E-state index in [2.05, 4.69) is 44.0 Å². The topological polar surface area (TPSA) is 26.3 Å². The van der Waals surface area contributed by atoms with Crippen LogP contribution in [0, 0.1) is 23.7 Å². The number of allylic oxidation sites excluding steroid dienone is 3. The second-order valence-electron chi connectivity index (χ2n) is 4.39. The molecule has 1 aliphatic heterocycles. The minimum Gasteiger partial charge on any atom is -0.429 e. The van der Waals surface area contributed by atoms with Crippen molar-refractivity contribution in [3.05, 3.63) is 21.3 Å². The Morgan fingerprint density at radius 3 is 2.33 bits per heavy atom. The normalized spacial score (nSPS) is 41.7. The zero-order chi connectivity index (χ0) is 10.6. The van der Waals surface area contributed by atoms with Crippen molar-refractivity contribution < 1.29 is 9.53 Å². The fourth-order valence-electron chi connectivity index (χ4n) is 3.08. The van der Waals surface area contributed by atoms with Crippen molar-refractivity contribution in [1.29, 1.82) is 0 Å². The summed E-state index contributed by atoms with van der Waals surface area (Å²) in [6, 6.07) is 0. The summed E-state index contributed by atoms with van der Waals surface area (Å²) in [4.78, 5) is 11.8. The van der Waals surface area contributed by atoms with Gasteiger partial charge in [0, 0.05) is 5.92 Å². The molecular formula is C11H10Br2O2. The molecule has 0 N–H and O–H groups in total. The van der Waals surface area contributed by atoms with Crippen molar-refractivity contribution in [2.75, 3.05) is 0 Å². The summed E-state index contributed by atoms with van der Waals surface area (Å²) in [5.41, 5.74) is 0. The first-order valence-corrected chi connectivity index (χ1v) is 6.72. The van der Waals surface area contributed by atoms with Gasteiger partial charge in [0.25, 0.3) is 0 Å². The highest BCUT2D eigenvalue weighted by molar-refractivity contribution is 9.28. The molecule has 2 bridgehead atoms. The van der Waals surface area contributed by atoms with E-state index in [1.165, 1.54) is 6.42 Å². The van der Waals surface area contributed by atoms with Gasteiger partial charge in [0.15, 0.2) is 0 Å². The highest BCUT2D eigenvalue weighted by Gasteiger charge is 2.53. The monoisotopic (exact) mass is 332 g/mol. The second kappa shape index (κ2) is 3.45. The second-order valence-corrected chi connectivity index (χ2v) is 7.04. The molecule has 1 saturated carbocycles. The van der Waals surface area contributed by atoms with Crippen molar-refractivity contribution >= 4 is 37.8 Å². The van der Waals surface area contributed by atoms with E-state index in [0.29, 0.717) is 11.8 Å². The minimum absolute atomic E-state index is 0.0505. The number of halogens is 2. The van der Waals surface area contributed by atoms with E-state index in [1.807, 2.05) is 0 Å². The van der Waals surface area contributed by atoms with Gasteiger partial charge in [-0.25, -0.2) is 0 Å². The zero-order valence-electron chi connectivity index (χ0n) is 7.95. The lowest BCUT2D eigenvalue weighted by Crippen LogP contribution is -2.36. The molecule has 15 heavy (non-hydrogen) atoms. The standard InChI is InChI=1S/C11H10Br2O2/c12-10(13)9-7-5-1-3-6(4-2-5)8(7)11(14)15-9/h1,3,5-8H,2,4H2. The molecule has 0 amide bonds. The summed E-state index contributed by atoms with van der Waals surface area (Å²) in [5, 5.41) is 0. The SMILES string of the molecule is O=C1OC(=C(Br)Br)C2C3C=CC(CC3)C12. The third-order valence-electron chi connectivity index (χ3n) is 3.72. The molecule has 0 spiro atoms. The molecule has 1 heterocycles. The molecule has 2 fully saturated rings. The Labute approximate surface area is 105 Å². The third kappa shape index (κ3) is 1.37. The molecule has 0 aromatic heterocycles. The van der Waals surface area contributed by atoms with E-state index in [1.54, 1.807) is 0 Å². The maximum Gasteiger partial charge on any atom is 0.315 e. The molecule has 4 unspecified atom stereocenters. The Hall–Kier alpha value is -0.0900. The van der Waals surface area contributed by atoms with Crippen LogP contribution >= 0.6 is 31.9 Å². The van der Waals surface area contributed by atoms with Crippen LogP contribution in [0.1, 0.15) is 12.8 Å². The Bertz CT molecular complexity index is 382. The number of esters is 1. The Kier molecular flexibility index (Phi) is 2.32. The Morgan fingerprint density at radius 2 is 1.80 bits per heavy atom. The van der Waals surface area contributed by atoms with E-state index < -0.39 is 0 Å². The van der Waals surface area contributed by atoms with Crippen LogP contribution in [0.3, 0.4) is 0 Å². The van der Waals surface area contributed by atoms with E-state index in [-0.39, 0.29) is 17.8 Å². The van der Waals surface area contributed by atoms with Gasteiger partial charge >= 0.3 is 5.97 Å². The molecule has 0 aromatic rings. The predicted molar refractivity (Wildman–Crippen MR) is 63.3 cm³/mol. The molecule has 4 heteroatoms. The van der Waals surface area contributed by atoms with Crippen LogP contribution in [0.25, 0.3) is 0 Å². The number of hydrogen-bond donors (Lipinski definition) is 0. The molecule has 3 aliphatic carbocycles. The van der Waals surface area contributed by atoms with Gasteiger partial charge < -0.3 is 4.74 Å². The van der Waals surface area contributed by atoms with Crippen LogP contribution in [0.15, 0.2) is 21.3 Å². The first-order chi connectivity index (χ1) is 7.18. The van der Waals surface area contributed by atoms with E-state index in [4.69, 9.17) is 4.74 Å². The molecule has 0 radical (unpaired) electrons. The molecule has 0 aromatic carbocycles. The van der Waals surface area contributed by atoms with Crippen LogP contribution in [0.5, 0.6) is 0 Å². The summed E-state index contributed by atoms with van der Waals surface area (Å²) in [7, 11) is 0. The van der Waals surface area contributed by atoms with Gasteiger partial charge in [-0.05, 0) is 56.5 Å². The number of cyclic esters (lactones) is 1. The number of carbonyl (C=O) groups is 1. The van der Waals surface area contributed by atoms with Crippen molar-refractivity contribution in [2.45, 2.75) is 12.8 Å². The summed E-state index contributed by atoms with van der Waals surface area (Å²) in [5.74, 6) is 1.94. The Morgan fingerprint density at radius 1 is 1.20 bits per heavy atom. The Balaban J connectivity index is 2.08. The molecule has 2 nitrogen and oxygen atoms in total. The molecular weight excluding hydrogens is 324 g/mol. The fraction of sp³-hybridized carbons (Fsp3) is 0.545. The number of fused-ring (bicyclic) bond motifs is 1. The largest absolute Gasteiger partial charge is 0.429 e. The maximum atomic E-state index is 11.8. The first kappa shape index (κ1) is 10.1. The molecule has 4 rings (SSSR count). The van der Waals surface area contributed by atoms with Gasteiger partial charge in [0.2, 0.25) is 0 Å². The molecule has 1 saturated heterocycles. The van der Waals surface area contributed by atoms with Crippen LogP contribution < -0.4 is 0 Å². The number of hydrogen-bond acceptors (Lipinski definition) is 2. The smallest absolute Gasteiger partial charge is 0.315 e. The lowest BCUT2D eigenvalue weighted by atomic mass is 9.63. The average Bonchev–Trinajstić information content (AvgIpc) is 2.61. The van der Waals surface area contributed by atoms with Crippen LogP contribution in [-0.4, -0.2) is 5.97 Å². The fourth-order valence-corrected chi connectivity index (χ4v) is 3.77. The van der Waals surface area contributed by atoms with Crippen LogP contribution in [-0.2, 0) is 9.53 Å². The van der Waals surface area contributed by atoms with Gasteiger partial charge in [-0.2, -0.15) is 0 Å². The summed E-state index contributed by atoms with van der Waals surface area (Å²) in [6.45, 7) is 0. The summed E-state index contributed by atoms with van der Waals surface area (Å²) in [6.07, 6.45) is 6.75. The molecule has 4 atom stereocenters. The lowest BCUT2D eigenvalue weighted by molar-refractivity contribution is -0.141. The summed E-state index contributed by atoms with van der Waals surface area (Å²) < 4.78 is 6.15. The summed E-state index contributed by atoms with van der Waals surface area (Å²) >= 11 is 6.71.